The van der Waals surface area contributed by atoms with Gasteiger partial charge in [-0.1, -0.05) is 0 Å². The summed E-state index contributed by atoms with van der Waals surface area (Å²) in [5.41, 5.74) is 2.59. The number of amides is 1. The summed E-state index contributed by atoms with van der Waals surface area (Å²) < 4.78 is 3.55. The molecule has 3 aromatic rings. The highest BCUT2D eigenvalue weighted by Crippen LogP contribution is 2.17. The Labute approximate surface area is 134 Å². The van der Waals surface area contributed by atoms with Crippen molar-refractivity contribution in [1.29, 1.82) is 0 Å². The molecule has 0 spiro atoms. The fourth-order valence-electron chi connectivity index (χ4n) is 2.39. The lowest BCUT2D eigenvalue weighted by Gasteiger charge is -2.14. The monoisotopic (exact) mass is 310 g/mol. The normalized spacial score (nSPS) is 12.1. The third kappa shape index (κ3) is 2.98. The predicted molar refractivity (Wildman–Crippen MR) is 85.2 cm³/mol. The summed E-state index contributed by atoms with van der Waals surface area (Å²) in [6, 6.07) is 3.30. The molecule has 0 aliphatic heterocycles. The minimum absolute atomic E-state index is 0.124. The lowest BCUT2D eigenvalue weighted by Crippen LogP contribution is -2.27. The highest BCUT2D eigenvalue weighted by atomic mass is 16.1. The minimum Gasteiger partial charge on any atom is -0.345 e. The summed E-state index contributed by atoms with van der Waals surface area (Å²) in [6.45, 7) is 3.93. The number of nitrogens with zero attached hydrogens (tertiary/aromatic N) is 5. The lowest BCUT2D eigenvalue weighted by atomic mass is 10.1. The average Bonchev–Trinajstić information content (AvgIpc) is 3.19. The highest BCUT2D eigenvalue weighted by molar-refractivity contribution is 5.94. The van der Waals surface area contributed by atoms with E-state index < -0.39 is 0 Å². The third-order valence-corrected chi connectivity index (χ3v) is 3.86. The van der Waals surface area contributed by atoms with Crippen molar-refractivity contribution in [3.8, 4) is 5.82 Å². The molecule has 1 N–H and O–H groups in total. The Morgan fingerprint density at radius 2 is 2.17 bits per heavy atom. The second kappa shape index (κ2) is 6.04. The van der Waals surface area contributed by atoms with E-state index in [4.69, 9.17) is 0 Å². The Hall–Kier alpha value is -2.96. The molecule has 0 radical (unpaired) electrons. The maximum atomic E-state index is 12.5. The number of imidazole rings is 1. The first-order chi connectivity index (χ1) is 11.1. The molecule has 3 aromatic heterocycles. The van der Waals surface area contributed by atoms with Crippen LogP contribution < -0.4 is 5.32 Å². The minimum atomic E-state index is -0.149. The van der Waals surface area contributed by atoms with Crippen molar-refractivity contribution in [3.63, 3.8) is 0 Å². The van der Waals surface area contributed by atoms with E-state index in [2.05, 4.69) is 20.4 Å². The summed E-state index contributed by atoms with van der Waals surface area (Å²) in [4.78, 5) is 20.7. The van der Waals surface area contributed by atoms with Crippen molar-refractivity contribution in [3.05, 3.63) is 60.1 Å². The molecule has 1 amide bonds. The Morgan fingerprint density at radius 1 is 1.35 bits per heavy atom. The molecule has 1 atom stereocenters. The van der Waals surface area contributed by atoms with Crippen LogP contribution >= 0.6 is 0 Å². The molecular formula is C16H18N6O. The van der Waals surface area contributed by atoms with Gasteiger partial charge in [-0.25, -0.2) is 9.97 Å². The van der Waals surface area contributed by atoms with Crippen molar-refractivity contribution in [2.24, 2.45) is 7.05 Å². The number of aromatic nitrogens is 5. The maximum absolute atomic E-state index is 12.5. The first kappa shape index (κ1) is 15.0. The molecule has 0 unspecified atom stereocenters. The number of rotatable bonds is 4. The lowest BCUT2D eigenvalue weighted by molar-refractivity contribution is 0.0939. The molecule has 118 valence electrons. The van der Waals surface area contributed by atoms with Gasteiger partial charge in [0.2, 0.25) is 0 Å². The van der Waals surface area contributed by atoms with Crippen LogP contribution in [0, 0.1) is 6.92 Å². The molecule has 3 heterocycles. The quantitative estimate of drug-likeness (QED) is 0.797. The SMILES string of the molecule is Cc1c([C@H](C)NC(=O)c2ccnc(-n3ccnc3)c2)cnn1C. The topological polar surface area (TPSA) is 77.6 Å². The van der Waals surface area contributed by atoms with Gasteiger partial charge in [-0.2, -0.15) is 5.10 Å². The largest absolute Gasteiger partial charge is 0.345 e. The second-order valence-corrected chi connectivity index (χ2v) is 5.38. The summed E-state index contributed by atoms with van der Waals surface area (Å²) in [5, 5.41) is 7.20. The van der Waals surface area contributed by atoms with Crippen LogP contribution in [0.15, 0.2) is 43.2 Å². The number of aryl methyl sites for hydroxylation is 1. The number of nitrogens with one attached hydrogen (secondary N) is 1. The van der Waals surface area contributed by atoms with Gasteiger partial charge in [-0.15, -0.1) is 0 Å². The molecular weight excluding hydrogens is 292 g/mol. The third-order valence-electron chi connectivity index (χ3n) is 3.86. The smallest absolute Gasteiger partial charge is 0.251 e. The molecule has 3 rings (SSSR count). The van der Waals surface area contributed by atoms with Gasteiger partial charge in [0.05, 0.1) is 12.2 Å². The summed E-state index contributed by atoms with van der Waals surface area (Å²) in [7, 11) is 1.88. The van der Waals surface area contributed by atoms with Gasteiger partial charge < -0.3 is 5.32 Å². The maximum Gasteiger partial charge on any atom is 0.251 e. The van der Waals surface area contributed by atoms with Crippen LogP contribution in [0.25, 0.3) is 5.82 Å². The Balaban J connectivity index is 1.78. The van der Waals surface area contributed by atoms with Crippen molar-refractivity contribution in [1.82, 2.24) is 29.6 Å². The van der Waals surface area contributed by atoms with Gasteiger partial charge in [0, 0.05) is 42.5 Å². The number of pyridine rings is 1. The zero-order chi connectivity index (χ0) is 16.4. The van der Waals surface area contributed by atoms with Crippen LogP contribution in [-0.2, 0) is 7.05 Å². The number of hydrogen-bond acceptors (Lipinski definition) is 4. The van der Waals surface area contributed by atoms with E-state index in [-0.39, 0.29) is 11.9 Å². The van der Waals surface area contributed by atoms with E-state index in [1.807, 2.05) is 20.9 Å². The number of hydrogen-bond donors (Lipinski definition) is 1. The molecule has 0 aliphatic rings. The van der Waals surface area contributed by atoms with Crippen LogP contribution in [0.3, 0.4) is 0 Å². The van der Waals surface area contributed by atoms with Crippen LogP contribution in [0.2, 0.25) is 0 Å². The van der Waals surface area contributed by atoms with Crippen LogP contribution in [-0.4, -0.2) is 30.2 Å². The second-order valence-electron chi connectivity index (χ2n) is 5.38. The van der Waals surface area contributed by atoms with Crippen LogP contribution in [0.1, 0.15) is 34.6 Å². The van der Waals surface area contributed by atoms with E-state index in [1.165, 1.54) is 0 Å². The molecule has 0 saturated carbocycles. The summed E-state index contributed by atoms with van der Waals surface area (Å²) in [5.74, 6) is 0.505. The van der Waals surface area contributed by atoms with Crippen molar-refractivity contribution < 1.29 is 4.79 Å². The zero-order valence-electron chi connectivity index (χ0n) is 13.3. The molecule has 0 saturated heterocycles. The molecule has 0 aliphatic carbocycles. The number of carbonyl (C=O) groups excluding carboxylic acids is 1. The van der Waals surface area contributed by atoms with E-state index in [1.54, 1.807) is 52.5 Å². The standard InChI is InChI=1S/C16H18N6O/c1-11(14-9-19-21(3)12(14)2)20-16(23)13-4-5-18-15(8-13)22-7-6-17-10-22/h4-11H,1-3H3,(H,20,23)/t11-/m0/s1. The molecule has 0 aromatic carbocycles. The van der Waals surface area contributed by atoms with E-state index in [9.17, 15) is 4.79 Å². The van der Waals surface area contributed by atoms with Crippen molar-refractivity contribution >= 4 is 5.91 Å². The molecule has 0 bridgehead atoms. The number of carbonyl (C=O) groups is 1. The average molecular weight is 310 g/mol. The summed E-state index contributed by atoms with van der Waals surface area (Å²) >= 11 is 0. The molecule has 7 nitrogen and oxygen atoms in total. The highest BCUT2D eigenvalue weighted by Gasteiger charge is 2.16. The van der Waals surface area contributed by atoms with Crippen LogP contribution in [0.5, 0.6) is 0 Å². The van der Waals surface area contributed by atoms with E-state index in [0.717, 1.165) is 11.3 Å². The Kier molecular flexibility index (Phi) is 3.92. The van der Waals surface area contributed by atoms with Gasteiger partial charge in [0.15, 0.2) is 0 Å². The predicted octanol–water partition coefficient (Wildman–Crippen LogP) is 1.80. The molecule has 23 heavy (non-hydrogen) atoms. The molecule has 0 fully saturated rings. The summed E-state index contributed by atoms with van der Waals surface area (Å²) in [6.07, 6.45) is 8.49. The fourth-order valence-corrected chi connectivity index (χ4v) is 2.39. The first-order valence-corrected chi connectivity index (χ1v) is 7.30. The first-order valence-electron chi connectivity index (χ1n) is 7.30. The fraction of sp³-hybridized carbons (Fsp3) is 0.250. The Bertz CT molecular complexity index is 821. The van der Waals surface area contributed by atoms with Gasteiger partial charge in [0.25, 0.3) is 5.91 Å². The van der Waals surface area contributed by atoms with E-state index >= 15 is 0 Å². The van der Waals surface area contributed by atoms with Gasteiger partial charge in [0.1, 0.15) is 12.1 Å². The van der Waals surface area contributed by atoms with Gasteiger partial charge >= 0.3 is 0 Å². The van der Waals surface area contributed by atoms with Gasteiger partial charge in [-0.3, -0.25) is 14.0 Å². The Morgan fingerprint density at radius 3 is 2.83 bits per heavy atom. The van der Waals surface area contributed by atoms with Crippen molar-refractivity contribution in [2.45, 2.75) is 19.9 Å². The van der Waals surface area contributed by atoms with Crippen molar-refractivity contribution in [2.75, 3.05) is 0 Å². The van der Waals surface area contributed by atoms with E-state index in [0.29, 0.717) is 11.4 Å². The van der Waals surface area contributed by atoms with Crippen LogP contribution in [0.4, 0.5) is 0 Å². The zero-order valence-corrected chi connectivity index (χ0v) is 13.3. The van der Waals surface area contributed by atoms with Gasteiger partial charge in [-0.05, 0) is 26.0 Å². The molecule has 7 heteroatoms.